The average Bonchev–Trinajstić information content (AvgIpc) is 2.68. The summed E-state index contributed by atoms with van der Waals surface area (Å²) in [4.78, 5) is 14.3. The smallest absolute Gasteiger partial charge is 0.253 e. The second-order valence-corrected chi connectivity index (χ2v) is 9.13. The molecule has 7 nitrogen and oxygen atoms in total. The van der Waals surface area contributed by atoms with Gasteiger partial charge in [-0.25, -0.2) is 12.8 Å². The van der Waals surface area contributed by atoms with Crippen LogP contribution in [0.4, 0.5) is 4.39 Å². The Morgan fingerprint density at radius 2 is 1.86 bits per heavy atom. The third-order valence-electron chi connectivity index (χ3n) is 4.49. The number of hydrogen-bond donors (Lipinski definition) is 1. The number of amides is 1. The Morgan fingerprint density at radius 3 is 2.46 bits per heavy atom. The monoisotopic (exact) mass is 415 g/mol. The van der Waals surface area contributed by atoms with Crippen molar-refractivity contribution in [1.82, 2.24) is 14.5 Å². The van der Waals surface area contributed by atoms with Gasteiger partial charge in [0.1, 0.15) is 5.82 Å². The van der Waals surface area contributed by atoms with E-state index in [1.165, 1.54) is 33.5 Å². The molecule has 1 aromatic carbocycles. The first kappa shape index (κ1) is 22.7. The first-order valence-electron chi connectivity index (χ1n) is 9.64. The molecule has 0 saturated carbocycles. The maximum Gasteiger partial charge on any atom is 0.253 e. The lowest BCUT2D eigenvalue weighted by molar-refractivity contribution is 0.0625. The van der Waals surface area contributed by atoms with Gasteiger partial charge in [-0.2, -0.15) is 4.31 Å². The van der Waals surface area contributed by atoms with Crippen LogP contribution in [0.5, 0.6) is 0 Å². The van der Waals surface area contributed by atoms with E-state index in [0.29, 0.717) is 51.3 Å². The number of piperazine rings is 1. The third-order valence-corrected chi connectivity index (χ3v) is 6.34. The van der Waals surface area contributed by atoms with Crippen LogP contribution >= 0.6 is 0 Å². The maximum atomic E-state index is 13.2. The number of nitrogens with zero attached hydrogens (tertiary/aromatic N) is 2. The normalized spacial score (nSPS) is 15.7. The van der Waals surface area contributed by atoms with Gasteiger partial charge in [0.25, 0.3) is 5.91 Å². The molecule has 1 aliphatic heterocycles. The van der Waals surface area contributed by atoms with Crippen molar-refractivity contribution in [2.75, 3.05) is 51.6 Å². The Morgan fingerprint density at radius 1 is 1.21 bits per heavy atom. The summed E-state index contributed by atoms with van der Waals surface area (Å²) >= 11 is 0. The number of hydrogen-bond acceptors (Lipinski definition) is 5. The highest BCUT2D eigenvalue weighted by molar-refractivity contribution is 7.89. The molecular formula is C19H30FN3O4S. The molecule has 9 heteroatoms. The fourth-order valence-electron chi connectivity index (χ4n) is 2.94. The van der Waals surface area contributed by atoms with E-state index in [2.05, 4.69) is 5.32 Å². The fraction of sp³-hybridized carbons (Fsp3) is 0.632. The van der Waals surface area contributed by atoms with Crippen LogP contribution in [0.15, 0.2) is 24.3 Å². The number of sulfonamides is 1. The van der Waals surface area contributed by atoms with Crippen LogP contribution in [0.2, 0.25) is 0 Å². The van der Waals surface area contributed by atoms with Gasteiger partial charge in [0, 0.05) is 51.4 Å². The molecule has 0 radical (unpaired) electrons. The van der Waals surface area contributed by atoms with E-state index < -0.39 is 15.8 Å². The van der Waals surface area contributed by atoms with E-state index in [1.54, 1.807) is 0 Å². The van der Waals surface area contributed by atoms with Crippen molar-refractivity contribution in [3.05, 3.63) is 35.6 Å². The van der Waals surface area contributed by atoms with E-state index in [1.807, 2.05) is 13.8 Å². The molecule has 0 unspecified atom stereocenters. The first-order chi connectivity index (χ1) is 13.3. The Bertz CT molecular complexity index is 719. The van der Waals surface area contributed by atoms with Crippen LogP contribution < -0.4 is 5.32 Å². The molecule has 158 valence electrons. The van der Waals surface area contributed by atoms with Gasteiger partial charge in [-0.3, -0.25) is 4.79 Å². The Hall–Kier alpha value is -1.55. The SMILES string of the molecule is CC(C)OCCCN(CCS(=O)(=O)N1CCNCC1)C(=O)c1ccc(F)cc1. The van der Waals surface area contributed by atoms with Crippen LogP contribution in [0.25, 0.3) is 0 Å². The zero-order valence-corrected chi connectivity index (χ0v) is 17.4. The molecule has 1 aromatic rings. The zero-order chi connectivity index (χ0) is 20.6. The minimum Gasteiger partial charge on any atom is -0.379 e. The summed E-state index contributed by atoms with van der Waals surface area (Å²) in [6.07, 6.45) is 0.688. The summed E-state index contributed by atoms with van der Waals surface area (Å²) in [5.74, 6) is -0.861. The number of ether oxygens (including phenoxy) is 1. The van der Waals surface area contributed by atoms with Crippen LogP contribution in [0.1, 0.15) is 30.6 Å². The average molecular weight is 416 g/mol. The first-order valence-corrected chi connectivity index (χ1v) is 11.3. The highest BCUT2D eigenvalue weighted by atomic mass is 32.2. The predicted molar refractivity (Wildman–Crippen MR) is 106 cm³/mol. The van der Waals surface area contributed by atoms with E-state index in [4.69, 9.17) is 4.74 Å². The molecule has 1 N–H and O–H groups in total. The standard InChI is InChI=1S/C19H30FN3O4S/c1-16(2)27-14-3-10-22(19(24)17-4-6-18(20)7-5-17)13-15-28(25,26)23-11-8-21-9-12-23/h4-7,16,21H,3,8-15H2,1-2H3. The van der Waals surface area contributed by atoms with E-state index >= 15 is 0 Å². The van der Waals surface area contributed by atoms with E-state index in [0.717, 1.165) is 0 Å². The number of benzene rings is 1. The van der Waals surface area contributed by atoms with Crippen LogP contribution in [0, 0.1) is 5.82 Å². The van der Waals surface area contributed by atoms with E-state index in [-0.39, 0.29) is 24.3 Å². The lowest BCUT2D eigenvalue weighted by Gasteiger charge is -2.28. The Kier molecular flexibility index (Phi) is 8.81. The summed E-state index contributed by atoms with van der Waals surface area (Å²) in [6.45, 7) is 6.95. The number of carbonyl (C=O) groups is 1. The lowest BCUT2D eigenvalue weighted by atomic mass is 10.2. The molecule has 0 aromatic heterocycles. The molecule has 1 saturated heterocycles. The van der Waals surface area contributed by atoms with Crippen molar-refractivity contribution < 1.29 is 22.3 Å². The van der Waals surface area contributed by atoms with Crippen molar-refractivity contribution in [3.63, 3.8) is 0 Å². The highest BCUT2D eigenvalue weighted by Crippen LogP contribution is 2.10. The van der Waals surface area contributed by atoms with Crippen molar-refractivity contribution in [2.45, 2.75) is 26.4 Å². The molecule has 1 amide bonds. The number of rotatable bonds is 10. The summed E-state index contributed by atoms with van der Waals surface area (Å²) in [5.41, 5.74) is 0.339. The molecule has 0 bridgehead atoms. The van der Waals surface area contributed by atoms with Crippen LogP contribution in [-0.2, 0) is 14.8 Å². The molecule has 2 rings (SSSR count). The van der Waals surface area contributed by atoms with Gasteiger partial charge in [0.2, 0.25) is 10.0 Å². The van der Waals surface area contributed by atoms with E-state index in [9.17, 15) is 17.6 Å². The Labute approximate surface area is 166 Å². The number of carbonyl (C=O) groups excluding carboxylic acids is 1. The van der Waals surface area contributed by atoms with Gasteiger partial charge in [-0.05, 0) is 44.5 Å². The third kappa shape index (κ3) is 7.12. The second-order valence-electron chi connectivity index (χ2n) is 7.04. The summed E-state index contributed by atoms with van der Waals surface area (Å²) in [7, 11) is -3.44. The topological polar surface area (TPSA) is 79.0 Å². The molecule has 28 heavy (non-hydrogen) atoms. The van der Waals surface area contributed by atoms with Gasteiger partial charge in [0.15, 0.2) is 0 Å². The molecule has 0 atom stereocenters. The van der Waals surface area contributed by atoms with Crippen molar-refractivity contribution >= 4 is 15.9 Å². The molecule has 1 aliphatic rings. The lowest BCUT2D eigenvalue weighted by Crippen LogP contribution is -2.48. The van der Waals surface area contributed by atoms with Crippen molar-refractivity contribution in [1.29, 1.82) is 0 Å². The molecule has 1 heterocycles. The van der Waals surface area contributed by atoms with Gasteiger partial charge in [0.05, 0.1) is 11.9 Å². The fourth-order valence-corrected chi connectivity index (χ4v) is 4.39. The summed E-state index contributed by atoms with van der Waals surface area (Å²) in [5, 5.41) is 3.12. The maximum absolute atomic E-state index is 13.2. The summed E-state index contributed by atoms with van der Waals surface area (Å²) in [6, 6.07) is 5.29. The largest absolute Gasteiger partial charge is 0.379 e. The molecular weight excluding hydrogens is 385 g/mol. The van der Waals surface area contributed by atoms with Crippen LogP contribution in [0.3, 0.4) is 0 Å². The van der Waals surface area contributed by atoms with Crippen molar-refractivity contribution in [2.24, 2.45) is 0 Å². The Balaban J connectivity index is 2.02. The quantitative estimate of drug-likeness (QED) is 0.583. The zero-order valence-electron chi connectivity index (χ0n) is 16.6. The minimum absolute atomic E-state index is 0.0875. The summed E-state index contributed by atoms with van der Waals surface area (Å²) < 4.78 is 45.3. The van der Waals surface area contributed by atoms with Gasteiger partial charge in [-0.1, -0.05) is 0 Å². The highest BCUT2D eigenvalue weighted by Gasteiger charge is 2.25. The van der Waals surface area contributed by atoms with Crippen molar-refractivity contribution in [3.8, 4) is 0 Å². The van der Waals surface area contributed by atoms with Gasteiger partial charge in [-0.15, -0.1) is 0 Å². The minimum atomic E-state index is -3.44. The second kappa shape index (κ2) is 10.8. The van der Waals surface area contributed by atoms with Gasteiger partial charge >= 0.3 is 0 Å². The molecule has 0 aliphatic carbocycles. The predicted octanol–water partition coefficient (Wildman–Crippen LogP) is 1.32. The molecule has 0 spiro atoms. The van der Waals surface area contributed by atoms with Gasteiger partial charge < -0.3 is 15.0 Å². The number of nitrogens with one attached hydrogen (secondary N) is 1. The molecule has 1 fully saturated rings. The number of halogens is 1. The van der Waals surface area contributed by atoms with Crippen LogP contribution in [-0.4, -0.2) is 81.3 Å².